The van der Waals surface area contributed by atoms with Gasteiger partial charge in [-0.1, -0.05) is 41.9 Å². The van der Waals surface area contributed by atoms with E-state index in [1.807, 2.05) is 0 Å². The third-order valence-electron chi connectivity index (χ3n) is 5.56. The van der Waals surface area contributed by atoms with E-state index in [1.54, 1.807) is 60.7 Å². The average Bonchev–Trinajstić information content (AvgIpc) is 2.83. The van der Waals surface area contributed by atoms with Crippen molar-refractivity contribution in [3.63, 3.8) is 0 Å². The summed E-state index contributed by atoms with van der Waals surface area (Å²) >= 11 is 12.3. The van der Waals surface area contributed by atoms with Crippen molar-refractivity contribution in [2.45, 2.75) is 18.4 Å². The van der Waals surface area contributed by atoms with Gasteiger partial charge >= 0.3 is 0 Å². The molecular weight excluding hydrogens is 477 g/mol. The van der Waals surface area contributed by atoms with Crippen LogP contribution in [0.3, 0.4) is 0 Å². The van der Waals surface area contributed by atoms with Crippen LogP contribution in [0.15, 0.2) is 73.0 Å². The summed E-state index contributed by atoms with van der Waals surface area (Å²) in [5.41, 5.74) is 1.85. The number of amides is 1. The van der Waals surface area contributed by atoms with E-state index in [2.05, 4.69) is 11.9 Å². The van der Waals surface area contributed by atoms with Crippen LogP contribution in [0.5, 0.6) is 17.2 Å². The van der Waals surface area contributed by atoms with Gasteiger partial charge in [0.05, 0.1) is 23.5 Å². The minimum Gasteiger partial charge on any atom is -0.512 e. The molecule has 3 aromatic carbocycles. The molecule has 34 heavy (non-hydrogen) atoms. The molecule has 4 rings (SSSR count). The number of ether oxygens (including phenoxy) is 2. The standard InChI is InChI=1S/C26H23Cl2NO5/c1-15(30)20-10-11-33-24-13-25(22(28)12-21(20)24)34-19-8-4-17(5-9-19)26(32)29-14-23(31)16-2-6-18(27)7-3-16/h2-9,12-13,20,23,30-31H,1,10-11,14H2,(H,29,32). The van der Waals surface area contributed by atoms with Crippen molar-refractivity contribution in [3.05, 3.63) is 99.7 Å². The number of hydrogen-bond acceptors (Lipinski definition) is 5. The Labute approximate surface area is 207 Å². The number of aliphatic hydroxyl groups is 2. The summed E-state index contributed by atoms with van der Waals surface area (Å²) in [5.74, 6) is 0.984. The van der Waals surface area contributed by atoms with Crippen LogP contribution in [0.25, 0.3) is 0 Å². The van der Waals surface area contributed by atoms with Gasteiger partial charge in [-0.05, 0) is 54.4 Å². The zero-order chi connectivity index (χ0) is 24.2. The first kappa shape index (κ1) is 24.0. The van der Waals surface area contributed by atoms with Crippen LogP contribution in [-0.4, -0.2) is 29.3 Å². The summed E-state index contributed by atoms with van der Waals surface area (Å²) < 4.78 is 11.6. The highest BCUT2D eigenvalue weighted by molar-refractivity contribution is 6.32. The number of hydrogen-bond donors (Lipinski definition) is 3. The van der Waals surface area contributed by atoms with Crippen LogP contribution in [0.1, 0.15) is 39.9 Å². The highest BCUT2D eigenvalue weighted by atomic mass is 35.5. The topological polar surface area (TPSA) is 88.0 Å². The molecule has 0 bridgehead atoms. The Kier molecular flexibility index (Phi) is 7.32. The SMILES string of the molecule is C=C(O)C1CCOc2cc(Oc3ccc(C(=O)NCC(O)c4ccc(Cl)cc4)cc3)c(Cl)cc21. The number of benzene rings is 3. The van der Waals surface area contributed by atoms with E-state index >= 15 is 0 Å². The van der Waals surface area contributed by atoms with Gasteiger partial charge < -0.3 is 25.0 Å². The molecule has 0 fully saturated rings. The van der Waals surface area contributed by atoms with Crippen molar-refractivity contribution in [3.8, 4) is 17.2 Å². The Hall–Kier alpha value is -3.19. The molecule has 1 aliphatic heterocycles. The summed E-state index contributed by atoms with van der Waals surface area (Å²) in [6.45, 7) is 4.15. The first-order valence-corrected chi connectivity index (χ1v) is 11.4. The lowest BCUT2D eigenvalue weighted by Gasteiger charge is -2.26. The van der Waals surface area contributed by atoms with Crippen molar-refractivity contribution < 1.29 is 24.5 Å². The predicted octanol–water partition coefficient (Wildman–Crippen LogP) is 6.19. The maximum Gasteiger partial charge on any atom is 0.251 e. The average molecular weight is 500 g/mol. The minimum absolute atomic E-state index is 0.0602. The molecule has 3 aromatic rings. The molecule has 6 nitrogen and oxygen atoms in total. The second kappa shape index (κ2) is 10.4. The number of fused-ring (bicyclic) bond motifs is 1. The van der Waals surface area contributed by atoms with Crippen LogP contribution < -0.4 is 14.8 Å². The minimum atomic E-state index is -0.847. The van der Waals surface area contributed by atoms with Crippen molar-refractivity contribution in [1.29, 1.82) is 0 Å². The molecule has 2 unspecified atom stereocenters. The number of halogens is 2. The Bertz CT molecular complexity index is 1200. The number of allylic oxidation sites excluding steroid dienone is 1. The van der Waals surface area contributed by atoms with Gasteiger partial charge in [-0.15, -0.1) is 0 Å². The van der Waals surface area contributed by atoms with E-state index in [-0.39, 0.29) is 24.1 Å². The molecule has 0 aromatic heterocycles. The third kappa shape index (κ3) is 5.47. The molecule has 0 aliphatic carbocycles. The van der Waals surface area contributed by atoms with E-state index in [4.69, 9.17) is 32.7 Å². The molecule has 176 valence electrons. The van der Waals surface area contributed by atoms with Gasteiger partial charge in [0.15, 0.2) is 0 Å². The lowest BCUT2D eigenvalue weighted by atomic mass is 9.92. The lowest BCUT2D eigenvalue weighted by Crippen LogP contribution is -2.28. The maximum absolute atomic E-state index is 12.5. The monoisotopic (exact) mass is 499 g/mol. The van der Waals surface area contributed by atoms with Gasteiger partial charge in [0.1, 0.15) is 17.2 Å². The molecular formula is C26H23Cl2NO5. The van der Waals surface area contributed by atoms with E-state index in [1.165, 1.54) is 0 Å². The molecule has 1 aliphatic rings. The van der Waals surface area contributed by atoms with E-state index in [0.29, 0.717) is 51.4 Å². The summed E-state index contributed by atoms with van der Waals surface area (Å²) in [7, 11) is 0. The number of aliphatic hydroxyl groups excluding tert-OH is 2. The first-order valence-electron chi connectivity index (χ1n) is 10.7. The molecule has 0 spiro atoms. The van der Waals surface area contributed by atoms with Gasteiger partial charge in [-0.3, -0.25) is 4.79 Å². The lowest BCUT2D eigenvalue weighted by molar-refractivity contribution is 0.0916. The van der Waals surface area contributed by atoms with Crippen molar-refractivity contribution in [1.82, 2.24) is 5.32 Å². The zero-order valence-corrected chi connectivity index (χ0v) is 19.6. The van der Waals surface area contributed by atoms with Gasteiger partial charge in [0, 0.05) is 34.7 Å². The third-order valence-corrected chi connectivity index (χ3v) is 6.11. The Morgan fingerprint density at radius 2 is 1.85 bits per heavy atom. The fourth-order valence-electron chi connectivity index (χ4n) is 3.71. The van der Waals surface area contributed by atoms with Gasteiger partial charge in [0.2, 0.25) is 0 Å². The Balaban J connectivity index is 1.39. The Morgan fingerprint density at radius 1 is 1.15 bits per heavy atom. The quantitative estimate of drug-likeness (QED) is 0.337. The van der Waals surface area contributed by atoms with Gasteiger partial charge in [-0.25, -0.2) is 0 Å². The van der Waals surface area contributed by atoms with Crippen LogP contribution >= 0.6 is 23.2 Å². The van der Waals surface area contributed by atoms with Gasteiger partial charge in [-0.2, -0.15) is 0 Å². The van der Waals surface area contributed by atoms with E-state index in [9.17, 15) is 15.0 Å². The predicted molar refractivity (Wildman–Crippen MR) is 131 cm³/mol. The molecule has 1 heterocycles. The molecule has 0 saturated heterocycles. The maximum atomic E-state index is 12.5. The molecule has 1 amide bonds. The van der Waals surface area contributed by atoms with Crippen LogP contribution in [-0.2, 0) is 0 Å². The van der Waals surface area contributed by atoms with Crippen LogP contribution in [0.2, 0.25) is 10.0 Å². The highest BCUT2D eigenvalue weighted by Gasteiger charge is 2.26. The van der Waals surface area contributed by atoms with Crippen molar-refractivity contribution >= 4 is 29.1 Å². The van der Waals surface area contributed by atoms with Crippen molar-refractivity contribution in [2.24, 2.45) is 0 Å². The summed E-state index contributed by atoms with van der Waals surface area (Å²) in [6.07, 6.45) is -0.223. The largest absolute Gasteiger partial charge is 0.512 e. The zero-order valence-electron chi connectivity index (χ0n) is 18.1. The first-order chi connectivity index (χ1) is 16.3. The smallest absolute Gasteiger partial charge is 0.251 e. The second-order valence-corrected chi connectivity index (χ2v) is 8.75. The fourth-order valence-corrected chi connectivity index (χ4v) is 4.05. The molecule has 0 saturated carbocycles. The fraction of sp³-hybridized carbons (Fsp3) is 0.192. The summed E-state index contributed by atoms with van der Waals surface area (Å²) in [5, 5.41) is 23.8. The van der Waals surface area contributed by atoms with Crippen molar-refractivity contribution in [2.75, 3.05) is 13.2 Å². The molecule has 0 radical (unpaired) electrons. The van der Waals surface area contributed by atoms with E-state index < -0.39 is 6.10 Å². The summed E-state index contributed by atoms with van der Waals surface area (Å²) in [4.78, 5) is 12.5. The molecule has 8 heteroatoms. The number of carbonyl (C=O) groups excluding carboxylic acids is 1. The van der Waals surface area contributed by atoms with Gasteiger partial charge in [0.25, 0.3) is 5.91 Å². The summed E-state index contributed by atoms with van der Waals surface area (Å²) in [6, 6.07) is 16.7. The van der Waals surface area contributed by atoms with E-state index in [0.717, 1.165) is 5.56 Å². The number of nitrogens with one attached hydrogen (secondary N) is 1. The molecule has 2 atom stereocenters. The second-order valence-electron chi connectivity index (χ2n) is 7.91. The van der Waals surface area contributed by atoms with Crippen LogP contribution in [0.4, 0.5) is 0 Å². The highest BCUT2D eigenvalue weighted by Crippen LogP contribution is 2.43. The van der Waals surface area contributed by atoms with Crippen LogP contribution in [0, 0.1) is 0 Å². The normalized spacial score (nSPS) is 15.6. The number of rotatable bonds is 7. The number of carbonyl (C=O) groups is 1. The molecule has 3 N–H and O–H groups in total. The Morgan fingerprint density at radius 3 is 2.53 bits per heavy atom.